The molecule has 1 aliphatic rings. The van der Waals surface area contributed by atoms with E-state index in [9.17, 15) is 22.8 Å². The summed E-state index contributed by atoms with van der Waals surface area (Å²) in [6, 6.07) is 6.01. The Bertz CT molecular complexity index is 937. The van der Waals surface area contributed by atoms with Crippen molar-refractivity contribution in [3.05, 3.63) is 57.5 Å². The minimum atomic E-state index is -4.59. The van der Waals surface area contributed by atoms with Crippen molar-refractivity contribution >= 4 is 5.91 Å². The number of amides is 1. The van der Waals surface area contributed by atoms with Crippen molar-refractivity contribution in [3.63, 3.8) is 0 Å². The zero-order valence-electron chi connectivity index (χ0n) is 15.7. The molecule has 0 spiro atoms. The van der Waals surface area contributed by atoms with Crippen LogP contribution < -0.4 is 10.7 Å². The van der Waals surface area contributed by atoms with Gasteiger partial charge < -0.3 is 5.32 Å². The molecule has 0 radical (unpaired) electrons. The van der Waals surface area contributed by atoms with Crippen LogP contribution in [0.25, 0.3) is 5.69 Å². The maximum atomic E-state index is 13.4. The molecule has 28 heavy (non-hydrogen) atoms. The number of aryl methyl sites for hydroxylation is 1. The predicted molar refractivity (Wildman–Crippen MR) is 98.5 cm³/mol. The summed E-state index contributed by atoms with van der Waals surface area (Å²) in [5.41, 5.74) is -1.92. The van der Waals surface area contributed by atoms with Crippen molar-refractivity contribution in [3.8, 4) is 5.69 Å². The van der Waals surface area contributed by atoms with Crippen LogP contribution in [0, 0.1) is 12.8 Å². The van der Waals surface area contributed by atoms with Crippen molar-refractivity contribution < 1.29 is 18.0 Å². The van der Waals surface area contributed by atoms with Gasteiger partial charge in [-0.2, -0.15) is 18.3 Å². The van der Waals surface area contributed by atoms with Gasteiger partial charge in [0.25, 0.3) is 5.91 Å². The third kappa shape index (κ3) is 4.26. The van der Waals surface area contributed by atoms with Crippen molar-refractivity contribution in [2.24, 2.45) is 5.92 Å². The van der Waals surface area contributed by atoms with Gasteiger partial charge in [0.2, 0.25) is 5.43 Å². The Hall–Kier alpha value is -2.64. The van der Waals surface area contributed by atoms with E-state index < -0.39 is 28.8 Å². The molecule has 0 saturated heterocycles. The van der Waals surface area contributed by atoms with Gasteiger partial charge in [0.1, 0.15) is 0 Å². The third-order valence-electron chi connectivity index (χ3n) is 5.03. The number of carbonyl (C=O) groups excluding carboxylic acids is 1. The molecule has 2 unspecified atom stereocenters. The minimum absolute atomic E-state index is 0.0605. The first kappa shape index (κ1) is 20.1. The number of aromatic nitrogens is 2. The summed E-state index contributed by atoms with van der Waals surface area (Å²) in [5, 5.41) is 6.81. The molecule has 3 rings (SSSR count). The van der Waals surface area contributed by atoms with Gasteiger partial charge >= 0.3 is 6.18 Å². The van der Waals surface area contributed by atoms with E-state index in [0.717, 1.165) is 42.5 Å². The number of carbonyl (C=O) groups is 1. The minimum Gasteiger partial charge on any atom is -0.348 e. The van der Waals surface area contributed by atoms with Crippen molar-refractivity contribution in [2.75, 3.05) is 0 Å². The lowest BCUT2D eigenvalue weighted by atomic mass is 9.87. The Morgan fingerprint density at radius 3 is 2.64 bits per heavy atom. The topological polar surface area (TPSA) is 64.0 Å². The molecule has 1 saturated carbocycles. The van der Waals surface area contributed by atoms with Gasteiger partial charge in [-0.05, 0) is 37.8 Å². The van der Waals surface area contributed by atoms with Crippen LogP contribution in [0.4, 0.5) is 13.2 Å². The number of hydrogen-bond donors (Lipinski definition) is 1. The highest BCUT2D eigenvalue weighted by atomic mass is 19.4. The Kier molecular flexibility index (Phi) is 5.58. The number of nitrogens with zero attached hydrogens (tertiary/aromatic N) is 2. The highest BCUT2D eigenvalue weighted by Crippen LogP contribution is 2.33. The van der Waals surface area contributed by atoms with Crippen LogP contribution in [-0.2, 0) is 6.18 Å². The number of hydrogen-bond acceptors (Lipinski definition) is 3. The summed E-state index contributed by atoms with van der Waals surface area (Å²) in [7, 11) is 0. The zero-order valence-corrected chi connectivity index (χ0v) is 15.7. The van der Waals surface area contributed by atoms with E-state index in [4.69, 9.17) is 0 Å². The largest absolute Gasteiger partial charge is 0.418 e. The van der Waals surface area contributed by atoms with Crippen LogP contribution >= 0.6 is 0 Å². The van der Waals surface area contributed by atoms with Crippen LogP contribution in [0.2, 0.25) is 0 Å². The van der Waals surface area contributed by atoms with E-state index in [2.05, 4.69) is 17.3 Å². The van der Waals surface area contributed by atoms with E-state index in [-0.39, 0.29) is 17.4 Å². The number of rotatable bonds is 3. The lowest BCUT2D eigenvalue weighted by molar-refractivity contribution is -0.137. The average molecular weight is 393 g/mol. The molecule has 0 aliphatic heterocycles. The standard InChI is InChI=1S/C20H22F3N3O2/c1-12-6-5-7-14(10-12)24-19(28)18-17(27)11-13(2)26(25-18)16-9-4-3-8-15(16)20(21,22)23/h3-4,8-9,11-12,14H,5-7,10H2,1-2H3,(H,24,28). The average Bonchev–Trinajstić information content (AvgIpc) is 2.61. The summed E-state index contributed by atoms with van der Waals surface area (Å²) in [5.74, 6) is -0.178. The first-order valence-corrected chi connectivity index (χ1v) is 9.25. The molecule has 1 aromatic carbocycles. The summed E-state index contributed by atoms with van der Waals surface area (Å²) >= 11 is 0. The molecular weight excluding hydrogens is 371 g/mol. The van der Waals surface area contributed by atoms with Gasteiger partial charge in [0, 0.05) is 17.8 Å². The van der Waals surface area contributed by atoms with E-state index in [1.165, 1.54) is 25.1 Å². The molecule has 150 valence electrons. The molecule has 1 fully saturated rings. The smallest absolute Gasteiger partial charge is 0.348 e. The second kappa shape index (κ2) is 7.77. The van der Waals surface area contributed by atoms with Gasteiger partial charge in [0.05, 0.1) is 11.3 Å². The fourth-order valence-electron chi connectivity index (χ4n) is 3.67. The third-order valence-corrected chi connectivity index (χ3v) is 5.03. The number of alkyl halides is 3. The maximum Gasteiger partial charge on any atom is 0.418 e. The summed E-state index contributed by atoms with van der Waals surface area (Å²) in [6.45, 7) is 3.58. The molecule has 8 heteroatoms. The molecule has 0 bridgehead atoms. The normalized spacial score (nSPS) is 20.0. The zero-order chi connectivity index (χ0) is 20.5. The molecule has 2 aromatic rings. The van der Waals surface area contributed by atoms with Crippen LogP contribution in [0.5, 0.6) is 0 Å². The fraction of sp³-hybridized carbons (Fsp3) is 0.450. The number of halogens is 3. The Morgan fingerprint density at radius 2 is 1.96 bits per heavy atom. The first-order valence-electron chi connectivity index (χ1n) is 9.25. The van der Waals surface area contributed by atoms with Crippen molar-refractivity contribution in [1.82, 2.24) is 15.1 Å². The number of para-hydroxylation sites is 1. The molecule has 1 heterocycles. The van der Waals surface area contributed by atoms with Gasteiger partial charge in [-0.1, -0.05) is 31.9 Å². The number of benzene rings is 1. The molecule has 5 nitrogen and oxygen atoms in total. The fourth-order valence-corrected chi connectivity index (χ4v) is 3.67. The van der Waals surface area contributed by atoms with Gasteiger partial charge in [-0.3, -0.25) is 9.59 Å². The van der Waals surface area contributed by atoms with E-state index in [0.29, 0.717) is 5.92 Å². The maximum absolute atomic E-state index is 13.4. The van der Waals surface area contributed by atoms with E-state index in [1.54, 1.807) is 0 Å². The van der Waals surface area contributed by atoms with Crippen LogP contribution in [0.3, 0.4) is 0 Å². The van der Waals surface area contributed by atoms with Crippen molar-refractivity contribution in [2.45, 2.75) is 51.7 Å². The summed E-state index contributed by atoms with van der Waals surface area (Å²) in [4.78, 5) is 24.9. The molecule has 2 atom stereocenters. The summed E-state index contributed by atoms with van der Waals surface area (Å²) in [6.07, 6.45) is -0.892. The summed E-state index contributed by atoms with van der Waals surface area (Å²) < 4.78 is 41.1. The van der Waals surface area contributed by atoms with Crippen LogP contribution in [0.1, 0.15) is 54.4 Å². The molecule has 1 aliphatic carbocycles. The van der Waals surface area contributed by atoms with Crippen LogP contribution in [-0.4, -0.2) is 21.7 Å². The SMILES string of the molecule is Cc1cc(=O)c(C(=O)NC2CCCC(C)C2)nn1-c1ccccc1C(F)(F)F. The Labute approximate surface area is 160 Å². The Morgan fingerprint density at radius 1 is 1.25 bits per heavy atom. The van der Waals surface area contributed by atoms with Crippen LogP contribution in [0.15, 0.2) is 35.1 Å². The van der Waals surface area contributed by atoms with Gasteiger partial charge in [-0.25, -0.2) is 4.68 Å². The van der Waals surface area contributed by atoms with E-state index in [1.807, 2.05) is 0 Å². The first-order chi connectivity index (χ1) is 13.2. The second-order valence-electron chi connectivity index (χ2n) is 7.37. The predicted octanol–water partition coefficient (Wildman–Crippen LogP) is 3.87. The van der Waals surface area contributed by atoms with Crippen molar-refractivity contribution in [1.29, 1.82) is 0 Å². The molecular formula is C20H22F3N3O2. The quantitative estimate of drug-likeness (QED) is 0.861. The monoisotopic (exact) mass is 393 g/mol. The van der Waals surface area contributed by atoms with E-state index >= 15 is 0 Å². The Balaban J connectivity index is 1.98. The molecule has 1 aromatic heterocycles. The lowest BCUT2D eigenvalue weighted by Gasteiger charge is -2.27. The second-order valence-corrected chi connectivity index (χ2v) is 7.37. The number of nitrogens with one attached hydrogen (secondary N) is 1. The van der Waals surface area contributed by atoms with Gasteiger partial charge in [0.15, 0.2) is 5.69 Å². The highest BCUT2D eigenvalue weighted by Gasteiger charge is 2.34. The molecule has 1 N–H and O–H groups in total. The molecule has 1 amide bonds. The van der Waals surface area contributed by atoms with Gasteiger partial charge in [-0.15, -0.1) is 0 Å². The highest BCUT2D eigenvalue weighted by molar-refractivity contribution is 5.92. The lowest BCUT2D eigenvalue weighted by Crippen LogP contribution is -2.41.